The Morgan fingerprint density at radius 3 is 2.79 bits per heavy atom. The van der Waals surface area contributed by atoms with Crippen LogP contribution in [0.25, 0.3) is 5.69 Å². The second-order valence-corrected chi connectivity index (χ2v) is 6.80. The monoisotopic (exact) mass is 326 g/mol. The quantitative estimate of drug-likeness (QED) is 0.934. The van der Waals surface area contributed by atoms with Gasteiger partial charge in [0.15, 0.2) is 0 Å². The summed E-state index contributed by atoms with van der Waals surface area (Å²) in [7, 11) is 0. The summed E-state index contributed by atoms with van der Waals surface area (Å²) in [6, 6.07) is 9.83. The first-order chi connectivity index (χ1) is 11.7. The summed E-state index contributed by atoms with van der Waals surface area (Å²) in [5.41, 5.74) is 0.955. The van der Waals surface area contributed by atoms with Crippen LogP contribution in [0.15, 0.2) is 36.7 Å². The maximum atomic E-state index is 11.8. The van der Waals surface area contributed by atoms with Crippen molar-refractivity contribution in [3.63, 3.8) is 0 Å². The van der Waals surface area contributed by atoms with E-state index in [9.17, 15) is 9.90 Å². The van der Waals surface area contributed by atoms with Crippen LogP contribution < -0.4 is 0 Å². The number of carboxylic acids is 1. The molecule has 2 aromatic rings. The molecule has 2 fully saturated rings. The number of likely N-dealkylation sites (tertiary alicyclic amines) is 1. The van der Waals surface area contributed by atoms with E-state index in [4.69, 9.17) is 0 Å². The molecule has 0 radical (unpaired) electrons. The van der Waals surface area contributed by atoms with Gasteiger partial charge in [0.2, 0.25) is 0 Å². The van der Waals surface area contributed by atoms with E-state index >= 15 is 0 Å². The molecule has 1 aromatic carbocycles. The molecule has 1 aliphatic carbocycles. The highest BCUT2D eigenvalue weighted by Gasteiger charge is 2.45. The van der Waals surface area contributed by atoms with Crippen molar-refractivity contribution in [1.82, 2.24) is 19.7 Å². The molecule has 3 unspecified atom stereocenters. The van der Waals surface area contributed by atoms with Gasteiger partial charge in [0.1, 0.15) is 18.2 Å². The van der Waals surface area contributed by atoms with E-state index in [0.717, 1.165) is 30.8 Å². The van der Waals surface area contributed by atoms with E-state index in [1.807, 2.05) is 35.0 Å². The minimum Gasteiger partial charge on any atom is -0.480 e. The van der Waals surface area contributed by atoms with E-state index in [1.165, 1.54) is 12.8 Å². The van der Waals surface area contributed by atoms with Crippen molar-refractivity contribution in [1.29, 1.82) is 0 Å². The molecule has 2 heterocycles. The Kier molecular flexibility index (Phi) is 4.06. The highest BCUT2D eigenvalue weighted by molar-refractivity contribution is 5.74. The van der Waals surface area contributed by atoms with Gasteiger partial charge >= 0.3 is 5.97 Å². The molecule has 6 heteroatoms. The summed E-state index contributed by atoms with van der Waals surface area (Å²) >= 11 is 0. The van der Waals surface area contributed by atoms with Crippen LogP contribution in [0.4, 0.5) is 0 Å². The number of nitrogens with zero attached hydrogens (tertiary/aromatic N) is 4. The largest absolute Gasteiger partial charge is 0.480 e. The number of aromatic nitrogens is 3. The van der Waals surface area contributed by atoms with Crippen LogP contribution in [0.1, 0.15) is 37.9 Å². The van der Waals surface area contributed by atoms with Crippen LogP contribution in [0.5, 0.6) is 0 Å². The number of aliphatic carboxylic acids is 1. The molecule has 1 saturated heterocycles. The van der Waals surface area contributed by atoms with Gasteiger partial charge in [-0.3, -0.25) is 9.69 Å². The Bertz CT molecular complexity index is 715. The fraction of sp³-hybridized carbons (Fsp3) is 0.500. The van der Waals surface area contributed by atoms with Gasteiger partial charge in [-0.2, -0.15) is 5.10 Å². The molecular formula is C18H22N4O2. The van der Waals surface area contributed by atoms with Crippen LogP contribution in [-0.4, -0.2) is 42.8 Å². The average molecular weight is 326 g/mol. The predicted octanol–water partition coefficient (Wildman–Crippen LogP) is 2.49. The first kappa shape index (κ1) is 15.3. The summed E-state index contributed by atoms with van der Waals surface area (Å²) in [4.78, 5) is 18.3. The van der Waals surface area contributed by atoms with Gasteiger partial charge in [-0.25, -0.2) is 9.67 Å². The van der Waals surface area contributed by atoms with Crippen molar-refractivity contribution < 1.29 is 9.90 Å². The van der Waals surface area contributed by atoms with Crippen LogP contribution in [0.2, 0.25) is 0 Å². The third-order valence-corrected chi connectivity index (χ3v) is 5.45. The highest BCUT2D eigenvalue weighted by Crippen LogP contribution is 2.40. The molecule has 1 aliphatic heterocycles. The summed E-state index contributed by atoms with van der Waals surface area (Å²) < 4.78 is 1.81. The molecule has 1 aromatic heterocycles. The van der Waals surface area contributed by atoms with Gasteiger partial charge in [0, 0.05) is 6.04 Å². The van der Waals surface area contributed by atoms with Gasteiger partial charge in [0.25, 0.3) is 0 Å². The van der Waals surface area contributed by atoms with Crippen molar-refractivity contribution in [3.8, 4) is 5.69 Å². The lowest BCUT2D eigenvalue weighted by Crippen LogP contribution is -2.42. The second kappa shape index (κ2) is 6.36. The van der Waals surface area contributed by atoms with E-state index in [-0.39, 0.29) is 0 Å². The lowest BCUT2D eigenvalue weighted by atomic mass is 9.85. The summed E-state index contributed by atoms with van der Waals surface area (Å²) in [5.74, 6) is 0.599. The fourth-order valence-corrected chi connectivity index (χ4v) is 4.34. The van der Waals surface area contributed by atoms with E-state index in [1.54, 1.807) is 6.33 Å². The first-order valence-electron chi connectivity index (χ1n) is 8.67. The molecule has 24 heavy (non-hydrogen) atoms. The van der Waals surface area contributed by atoms with E-state index in [2.05, 4.69) is 15.0 Å². The Morgan fingerprint density at radius 2 is 2.00 bits per heavy atom. The Labute approximate surface area is 141 Å². The van der Waals surface area contributed by atoms with Crippen LogP contribution in [0, 0.1) is 5.92 Å². The summed E-state index contributed by atoms with van der Waals surface area (Å²) in [6.07, 6.45) is 6.97. The molecule has 1 N–H and O–H groups in total. The van der Waals surface area contributed by atoms with Crippen LogP contribution in [-0.2, 0) is 11.3 Å². The molecule has 126 valence electrons. The van der Waals surface area contributed by atoms with Crippen LogP contribution >= 0.6 is 0 Å². The SMILES string of the molecule is O=C(O)C1CC2CCCCC2N1Cc1ncnn1-c1ccccc1. The van der Waals surface area contributed by atoms with Crippen molar-refractivity contribution in [2.24, 2.45) is 5.92 Å². The standard InChI is InChI=1S/C18H22N4O2/c23-18(24)16-10-13-6-4-5-9-15(13)21(16)11-17-19-12-20-22(17)14-7-2-1-3-8-14/h1-3,7-8,12-13,15-16H,4-6,9-11H2,(H,23,24). The molecular weight excluding hydrogens is 304 g/mol. The molecule has 0 bridgehead atoms. The molecule has 1 saturated carbocycles. The molecule has 4 rings (SSSR count). The molecule has 2 aliphatic rings. The second-order valence-electron chi connectivity index (χ2n) is 6.80. The van der Waals surface area contributed by atoms with Gasteiger partial charge in [-0.15, -0.1) is 0 Å². The molecule has 3 atom stereocenters. The smallest absolute Gasteiger partial charge is 0.320 e. The van der Waals surface area contributed by atoms with Gasteiger partial charge in [-0.1, -0.05) is 31.0 Å². The molecule has 0 spiro atoms. The van der Waals surface area contributed by atoms with Gasteiger partial charge in [0.05, 0.1) is 12.2 Å². The van der Waals surface area contributed by atoms with Crippen molar-refractivity contribution in [2.75, 3.05) is 0 Å². The Balaban J connectivity index is 1.62. The molecule has 0 amide bonds. The maximum Gasteiger partial charge on any atom is 0.320 e. The van der Waals surface area contributed by atoms with Crippen molar-refractivity contribution in [2.45, 2.75) is 50.7 Å². The predicted molar refractivity (Wildman–Crippen MR) is 88.7 cm³/mol. The number of hydrogen-bond donors (Lipinski definition) is 1. The Morgan fingerprint density at radius 1 is 1.21 bits per heavy atom. The number of hydrogen-bond acceptors (Lipinski definition) is 4. The van der Waals surface area contributed by atoms with Gasteiger partial charge < -0.3 is 5.11 Å². The topological polar surface area (TPSA) is 71.2 Å². The van der Waals surface area contributed by atoms with Crippen LogP contribution in [0.3, 0.4) is 0 Å². The number of carboxylic acid groups (broad SMARTS) is 1. The number of para-hydroxylation sites is 1. The third-order valence-electron chi connectivity index (χ3n) is 5.45. The number of rotatable bonds is 4. The van der Waals surface area contributed by atoms with E-state index < -0.39 is 12.0 Å². The van der Waals surface area contributed by atoms with Crippen molar-refractivity contribution >= 4 is 5.97 Å². The average Bonchev–Trinajstić information content (AvgIpc) is 3.21. The van der Waals surface area contributed by atoms with Gasteiger partial charge in [-0.05, 0) is 37.3 Å². The minimum atomic E-state index is -0.713. The number of fused-ring (bicyclic) bond motifs is 1. The number of benzene rings is 1. The highest BCUT2D eigenvalue weighted by atomic mass is 16.4. The first-order valence-corrected chi connectivity index (χ1v) is 8.67. The fourth-order valence-electron chi connectivity index (χ4n) is 4.34. The zero-order valence-corrected chi connectivity index (χ0v) is 13.6. The lowest BCUT2D eigenvalue weighted by Gasteiger charge is -2.32. The minimum absolute atomic E-state index is 0.362. The maximum absolute atomic E-state index is 11.8. The Hall–Kier alpha value is -2.21. The van der Waals surface area contributed by atoms with E-state index in [0.29, 0.717) is 18.5 Å². The number of carbonyl (C=O) groups is 1. The normalized spacial score (nSPS) is 27.1. The lowest BCUT2D eigenvalue weighted by molar-refractivity contribution is -0.143. The molecule has 6 nitrogen and oxygen atoms in total. The van der Waals surface area contributed by atoms with Crippen molar-refractivity contribution in [3.05, 3.63) is 42.5 Å². The summed E-state index contributed by atoms with van der Waals surface area (Å²) in [6.45, 7) is 0.535. The zero-order chi connectivity index (χ0) is 16.5. The summed E-state index contributed by atoms with van der Waals surface area (Å²) in [5, 5.41) is 14.0. The third kappa shape index (κ3) is 2.71. The zero-order valence-electron chi connectivity index (χ0n) is 13.6.